The number of carboxylic acids is 1. The molecule has 0 saturated heterocycles. The van der Waals surface area contributed by atoms with Gasteiger partial charge in [-0.05, 0) is 12.1 Å². The second-order valence-corrected chi connectivity index (χ2v) is 2.49. The van der Waals surface area contributed by atoms with Crippen molar-refractivity contribution in [2.75, 3.05) is 6.61 Å². The molecular formula is C8H7F2NO3. The lowest BCUT2D eigenvalue weighted by Crippen LogP contribution is -2.35. The van der Waals surface area contributed by atoms with Gasteiger partial charge in [0.05, 0.1) is 6.20 Å². The van der Waals surface area contributed by atoms with E-state index in [2.05, 4.69) is 9.72 Å². The summed E-state index contributed by atoms with van der Waals surface area (Å²) < 4.78 is 29.5. The number of rotatable bonds is 4. The molecule has 0 aromatic carbocycles. The van der Waals surface area contributed by atoms with Gasteiger partial charge in [-0.1, -0.05) is 0 Å². The first-order chi connectivity index (χ1) is 6.52. The quantitative estimate of drug-likeness (QED) is 0.798. The molecule has 1 heterocycles. The minimum absolute atomic E-state index is 0.105. The third-order valence-corrected chi connectivity index (χ3v) is 1.37. The molecule has 0 amide bonds. The van der Waals surface area contributed by atoms with Gasteiger partial charge in [0.25, 0.3) is 0 Å². The number of hydrogen-bond acceptors (Lipinski definition) is 3. The monoisotopic (exact) mass is 203 g/mol. The fourth-order valence-electron chi connectivity index (χ4n) is 0.668. The van der Waals surface area contributed by atoms with E-state index in [4.69, 9.17) is 5.11 Å². The van der Waals surface area contributed by atoms with E-state index in [9.17, 15) is 13.6 Å². The fourth-order valence-corrected chi connectivity index (χ4v) is 0.668. The molecule has 0 aliphatic carbocycles. The Morgan fingerprint density at radius 2 is 2.36 bits per heavy atom. The average molecular weight is 203 g/mol. The van der Waals surface area contributed by atoms with E-state index in [1.54, 1.807) is 0 Å². The second kappa shape index (κ2) is 3.99. The van der Waals surface area contributed by atoms with Gasteiger partial charge in [0.1, 0.15) is 5.75 Å². The minimum Gasteiger partial charge on any atom is -0.485 e. The molecule has 0 unspecified atom stereocenters. The number of aromatic nitrogens is 1. The first kappa shape index (κ1) is 10.4. The van der Waals surface area contributed by atoms with Crippen molar-refractivity contribution < 1.29 is 23.4 Å². The molecule has 0 spiro atoms. The normalized spacial score (nSPS) is 11.0. The topological polar surface area (TPSA) is 59.4 Å². The van der Waals surface area contributed by atoms with E-state index in [1.807, 2.05) is 0 Å². The Hall–Kier alpha value is -1.72. The van der Waals surface area contributed by atoms with Crippen molar-refractivity contribution in [2.45, 2.75) is 5.92 Å². The van der Waals surface area contributed by atoms with Crippen molar-refractivity contribution in [2.24, 2.45) is 0 Å². The number of halogens is 2. The van der Waals surface area contributed by atoms with Gasteiger partial charge >= 0.3 is 11.9 Å². The van der Waals surface area contributed by atoms with Gasteiger partial charge < -0.3 is 9.84 Å². The Balaban J connectivity index is 2.53. The van der Waals surface area contributed by atoms with Gasteiger partial charge in [-0.15, -0.1) is 0 Å². The van der Waals surface area contributed by atoms with Crippen molar-refractivity contribution in [3.63, 3.8) is 0 Å². The molecule has 1 rings (SSSR count). The largest absolute Gasteiger partial charge is 0.485 e. The molecule has 0 aliphatic heterocycles. The van der Waals surface area contributed by atoms with Crippen LogP contribution in [0.3, 0.4) is 0 Å². The van der Waals surface area contributed by atoms with E-state index in [-0.39, 0.29) is 5.75 Å². The highest BCUT2D eigenvalue weighted by atomic mass is 19.3. The third kappa shape index (κ3) is 2.65. The number of nitrogens with zero attached hydrogens (tertiary/aromatic N) is 1. The molecule has 0 radical (unpaired) electrons. The molecule has 6 heteroatoms. The van der Waals surface area contributed by atoms with Crippen LogP contribution < -0.4 is 4.74 Å². The average Bonchev–Trinajstić information content (AvgIpc) is 2.16. The van der Waals surface area contributed by atoms with Crippen molar-refractivity contribution in [3.05, 3.63) is 24.5 Å². The number of aliphatic carboxylic acids is 1. The maximum absolute atomic E-state index is 12.5. The Bertz CT molecular complexity index is 316. The number of carboxylic acid groups (broad SMARTS) is 1. The van der Waals surface area contributed by atoms with Gasteiger partial charge in [-0.25, -0.2) is 4.79 Å². The summed E-state index contributed by atoms with van der Waals surface area (Å²) in [6.07, 6.45) is 2.67. The zero-order valence-electron chi connectivity index (χ0n) is 6.98. The van der Waals surface area contributed by atoms with Crippen LogP contribution in [0.25, 0.3) is 0 Å². The van der Waals surface area contributed by atoms with E-state index in [0.717, 1.165) is 0 Å². The Labute approximate surface area is 78.1 Å². The van der Waals surface area contributed by atoms with Crippen LogP contribution in [-0.2, 0) is 4.79 Å². The highest BCUT2D eigenvalue weighted by Crippen LogP contribution is 2.16. The van der Waals surface area contributed by atoms with Gasteiger partial charge in [0.15, 0.2) is 6.61 Å². The van der Waals surface area contributed by atoms with Crippen LogP contribution in [0, 0.1) is 0 Å². The van der Waals surface area contributed by atoms with Crippen LogP contribution in [0.1, 0.15) is 0 Å². The molecule has 0 bridgehead atoms. The van der Waals surface area contributed by atoms with E-state index < -0.39 is 18.5 Å². The minimum atomic E-state index is -3.88. The summed E-state index contributed by atoms with van der Waals surface area (Å²) in [4.78, 5) is 13.6. The highest BCUT2D eigenvalue weighted by Gasteiger charge is 2.39. The molecule has 1 aromatic heterocycles. The number of hydrogen-bond donors (Lipinski definition) is 1. The molecule has 76 valence electrons. The summed E-state index contributed by atoms with van der Waals surface area (Å²) in [5, 5.41) is 8.07. The number of alkyl halides is 2. The van der Waals surface area contributed by atoms with Crippen LogP contribution in [0.5, 0.6) is 5.75 Å². The number of ether oxygens (including phenoxy) is 1. The third-order valence-electron chi connectivity index (χ3n) is 1.37. The molecule has 14 heavy (non-hydrogen) atoms. The van der Waals surface area contributed by atoms with Crippen LogP contribution in [0.4, 0.5) is 8.78 Å². The van der Waals surface area contributed by atoms with Crippen molar-refractivity contribution in [3.8, 4) is 5.75 Å². The summed E-state index contributed by atoms with van der Waals surface area (Å²) in [7, 11) is 0. The standard InChI is InChI=1S/C8H7F2NO3/c9-8(10,7(12)13)5-14-6-2-1-3-11-4-6/h1-4H,5H2,(H,12,13). The first-order valence-corrected chi connectivity index (χ1v) is 3.66. The molecule has 0 saturated carbocycles. The summed E-state index contributed by atoms with van der Waals surface area (Å²) in [6.45, 7) is -1.20. The number of carbonyl (C=O) groups is 1. The molecule has 1 N–H and O–H groups in total. The summed E-state index contributed by atoms with van der Waals surface area (Å²) in [5.41, 5.74) is 0. The van der Waals surface area contributed by atoms with E-state index in [1.165, 1.54) is 24.5 Å². The zero-order valence-corrected chi connectivity index (χ0v) is 6.98. The number of pyridine rings is 1. The Kier molecular flexibility index (Phi) is 2.95. The lowest BCUT2D eigenvalue weighted by Gasteiger charge is -2.11. The first-order valence-electron chi connectivity index (χ1n) is 3.66. The van der Waals surface area contributed by atoms with Crippen molar-refractivity contribution >= 4 is 5.97 Å². The SMILES string of the molecule is O=C(O)C(F)(F)COc1cccnc1. The van der Waals surface area contributed by atoms with Gasteiger partial charge in [-0.3, -0.25) is 4.98 Å². The fraction of sp³-hybridized carbons (Fsp3) is 0.250. The second-order valence-electron chi connectivity index (χ2n) is 2.49. The Morgan fingerprint density at radius 3 is 2.86 bits per heavy atom. The zero-order chi connectivity index (χ0) is 10.6. The summed E-state index contributed by atoms with van der Waals surface area (Å²) in [6, 6.07) is 2.90. The summed E-state index contributed by atoms with van der Waals surface area (Å²) >= 11 is 0. The van der Waals surface area contributed by atoms with Gasteiger partial charge in [0.2, 0.25) is 0 Å². The maximum atomic E-state index is 12.5. The molecule has 0 fully saturated rings. The Morgan fingerprint density at radius 1 is 1.64 bits per heavy atom. The van der Waals surface area contributed by atoms with Gasteiger partial charge in [-0.2, -0.15) is 8.78 Å². The lowest BCUT2D eigenvalue weighted by atomic mass is 10.3. The van der Waals surface area contributed by atoms with E-state index >= 15 is 0 Å². The molecule has 4 nitrogen and oxygen atoms in total. The molecular weight excluding hydrogens is 196 g/mol. The predicted molar refractivity (Wildman–Crippen MR) is 42.3 cm³/mol. The molecule has 1 aromatic rings. The van der Waals surface area contributed by atoms with Crippen LogP contribution in [-0.4, -0.2) is 28.6 Å². The molecule has 0 aliphatic rings. The van der Waals surface area contributed by atoms with Crippen LogP contribution >= 0.6 is 0 Å². The van der Waals surface area contributed by atoms with Crippen molar-refractivity contribution in [1.29, 1.82) is 0 Å². The maximum Gasteiger partial charge on any atom is 0.378 e. The predicted octanol–water partition coefficient (Wildman–Crippen LogP) is 1.18. The van der Waals surface area contributed by atoms with Crippen molar-refractivity contribution in [1.82, 2.24) is 4.98 Å². The van der Waals surface area contributed by atoms with Gasteiger partial charge in [0, 0.05) is 6.20 Å². The summed E-state index contributed by atoms with van der Waals surface area (Å²) in [5.74, 6) is -5.98. The van der Waals surface area contributed by atoms with Crippen LogP contribution in [0.15, 0.2) is 24.5 Å². The highest BCUT2D eigenvalue weighted by molar-refractivity contribution is 5.75. The molecule has 0 atom stereocenters. The lowest BCUT2D eigenvalue weighted by molar-refractivity contribution is -0.168. The van der Waals surface area contributed by atoms with Crippen LogP contribution in [0.2, 0.25) is 0 Å². The smallest absolute Gasteiger partial charge is 0.378 e. The van der Waals surface area contributed by atoms with E-state index in [0.29, 0.717) is 0 Å².